The van der Waals surface area contributed by atoms with Gasteiger partial charge in [-0.2, -0.15) is 0 Å². The lowest BCUT2D eigenvalue weighted by molar-refractivity contribution is 0.388. The summed E-state index contributed by atoms with van der Waals surface area (Å²) >= 11 is 0. The highest BCUT2D eigenvalue weighted by molar-refractivity contribution is 5.47. The maximum absolute atomic E-state index is 5.86. The molecule has 14 heavy (non-hydrogen) atoms. The molecule has 1 aromatic rings. The second kappa shape index (κ2) is 4.33. The first-order valence-corrected chi connectivity index (χ1v) is 4.58. The Kier molecular flexibility index (Phi) is 3.36. The molecule has 0 aliphatic carbocycles. The van der Waals surface area contributed by atoms with Crippen LogP contribution in [0.5, 0.6) is 11.5 Å². The molecule has 0 bridgehead atoms. The number of nitrogens with two attached hydrogens (primary N) is 1. The molecule has 3 heteroatoms. The van der Waals surface area contributed by atoms with Gasteiger partial charge in [0, 0.05) is 17.7 Å². The smallest absolute Gasteiger partial charge is 0.127 e. The Hall–Kier alpha value is -1.22. The van der Waals surface area contributed by atoms with E-state index in [-0.39, 0.29) is 6.04 Å². The van der Waals surface area contributed by atoms with Crippen molar-refractivity contribution in [3.05, 3.63) is 23.3 Å². The molecule has 0 unspecified atom stereocenters. The Bertz CT molecular complexity index is 321. The summed E-state index contributed by atoms with van der Waals surface area (Å²) in [5, 5.41) is 0. The molecular weight excluding hydrogens is 178 g/mol. The molecule has 0 saturated heterocycles. The molecule has 0 aliphatic rings. The lowest BCUT2D eigenvalue weighted by Crippen LogP contribution is -2.09. The van der Waals surface area contributed by atoms with Crippen LogP contribution in [0.4, 0.5) is 0 Å². The topological polar surface area (TPSA) is 44.5 Å². The van der Waals surface area contributed by atoms with Crippen LogP contribution < -0.4 is 15.2 Å². The molecule has 78 valence electrons. The molecular formula is C11H17NO2. The van der Waals surface area contributed by atoms with Gasteiger partial charge in [-0.1, -0.05) is 0 Å². The Morgan fingerprint density at radius 1 is 1.21 bits per heavy atom. The van der Waals surface area contributed by atoms with Crippen LogP contribution >= 0.6 is 0 Å². The molecule has 0 radical (unpaired) electrons. The lowest BCUT2D eigenvalue weighted by Gasteiger charge is -2.16. The minimum Gasteiger partial charge on any atom is -0.497 e. The third-order valence-electron chi connectivity index (χ3n) is 2.23. The largest absolute Gasteiger partial charge is 0.497 e. The van der Waals surface area contributed by atoms with Crippen LogP contribution in [0, 0.1) is 6.92 Å². The van der Waals surface area contributed by atoms with Gasteiger partial charge in [0.25, 0.3) is 0 Å². The molecule has 1 aromatic carbocycles. The number of hydrogen-bond donors (Lipinski definition) is 1. The lowest BCUT2D eigenvalue weighted by atomic mass is 10.0. The van der Waals surface area contributed by atoms with E-state index in [2.05, 4.69) is 0 Å². The van der Waals surface area contributed by atoms with Gasteiger partial charge in [0.2, 0.25) is 0 Å². The second-order valence-electron chi connectivity index (χ2n) is 3.35. The summed E-state index contributed by atoms with van der Waals surface area (Å²) < 4.78 is 10.4. The van der Waals surface area contributed by atoms with Crippen molar-refractivity contribution in [3.63, 3.8) is 0 Å². The first kappa shape index (κ1) is 10.9. The molecule has 3 nitrogen and oxygen atoms in total. The summed E-state index contributed by atoms with van der Waals surface area (Å²) in [6.07, 6.45) is 0. The molecule has 0 aliphatic heterocycles. The van der Waals surface area contributed by atoms with E-state index in [0.29, 0.717) is 0 Å². The summed E-state index contributed by atoms with van der Waals surface area (Å²) in [6.45, 7) is 3.95. The van der Waals surface area contributed by atoms with Crippen molar-refractivity contribution in [2.75, 3.05) is 14.2 Å². The standard InChI is InChI=1S/C11H17NO2/c1-7-5-9(13-3)6-10(14-4)11(7)8(2)12/h5-6,8H,12H2,1-4H3/t8-/m0/s1. The molecule has 0 fully saturated rings. The van der Waals surface area contributed by atoms with Gasteiger partial charge < -0.3 is 15.2 Å². The summed E-state index contributed by atoms with van der Waals surface area (Å²) in [4.78, 5) is 0. The van der Waals surface area contributed by atoms with E-state index in [1.807, 2.05) is 26.0 Å². The van der Waals surface area contributed by atoms with Crippen molar-refractivity contribution in [1.82, 2.24) is 0 Å². The van der Waals surface area contributed by atoms with E-state index < -0.39 is 0 Å². The maximum atomic E-state index is 5.86. The number of benzene rings is 1. The summed E-state index contributed by atoms with van der Waals surface area (Å²) in [7, 11) is 3.28. The SMILES string of the molecule is COc1cc(C)c([C@H](C)N)c(OC)c1. The van der Waals surface area contributed by atoms with Crippen LogP contribution in [0.2, 0.25) is 0 Å². The highest BCUT2D eigenvalue weighted by Gasteiger charge is 2.12. The van der Waals surface area contributed by atoms with Gasteiger partial charge in [0.05, 0.1) is 14.2 Å². The number of aryl methyl sites for hydroxylation is 1. The van der Waals surface area contributed by atoms with E-state index >= 15 is 0 Å². The van der Waals surface area contributed by atoms with Crippen LogP contribution in [-0.4, -0.2) is 14.2 Å². The fourth-order valence-electron chi connectivity index (χ4n) is 1.60. The van der Waals surface area contributed by atoms with Gasteiger partial charge in [-0.25, -0.2) is 0 Å². The highest BCUT2D eigenvalue weighted by Crippen LogP contribution is 2.31. The zero-order valence-corrected chi connectivity index (χ0v) is 9.13. The second-order valence-corrected chi connectivity index (χ2v) is 3.35. The van der Waals surface area contributed by atoms with Gasteiger partial charge in [-0.3, -0.25) is 0 Å². The summed E-state index contributed by atoms with van der Waals surface area (Å²) in [5.41, 5.74) is 7.99. The predicted molar refractivity (Wildman–Crippen MR) is 56.9 cm³/mol. The molecule has 0 spiro atoms. The van der Waals surface area contributed by atoms with Crippen molar-refractivity contribution >= 4 is 0 Å². The number of hydrogen-bond acceptors (Lipinski definition) is 3. The third-order valence-corrected chi connectivity index (χ3v) is 2.23. The van der Waals surface area contributed by atoms with Crippen LogP contribution in [0.3, 0.4) is 0 Å². The molecule has 1 rings (SSSR count). The van der Waals surface area contributed by atoms with Gasteiger partial charge in [0.1, 0.15) is 11.5 Å². The molecule has 0 amide bonds. The van der Waals surface area contributed by atoms with E-state index in [0.717, 1.165) is 22.6 Å². The average Bonchev–Trinajstić information content (AvgIpc) is 2.15. The van der Waals surface area contributed by atoms with E-state index in [9.17, 15) is 0 Å². The van der Waals surface area contributed by atoms with Crippen molar-refractivity contribution in [2.24, 2.45) is 5.73 Å². The fourth-order valence-corrected chi connectivity index (χ4v) is 1.60. The quantitative estimate of drug-likeness (QED) is 0.802. The predicted octanol–water partition coefficient (Wildman–Crippen LogP) is 2.03. The molecule has 0 heterocycles. The number of ether oxygens (including phenoxy) is 2. The minimum atomic E-state index is -0.0316. The van der Waals surface area contributed by atoms with E-state index in [1.165, 1.54) is 0 Å². The van der Waals surface area contributed by atoms with E-state index in [1.54, 1.807) is 14.2 Å². The van der Waals surface area contributed by atoms with Crippen molar-refractivity contribution in [2.45, 2.75) is 19.9 Å². The Morgan fingerprint density at radius 2 is 1.86 bits per heavy atom. The van der Waals surface area contributed by atoms with Gasteiger partial charge >= 0.3 is 0 Å². The van der Waals surface area contributed by atoms with Gasteiger partial charge in [-0.05, 0) is 25.5 Å². The minimum absolute atomic E-state index is 0.0316. The Morgan fingerprint density at radius 3 is 2.29 bits per heavy atom. The average molecular weight is 195 g/mol. The summed E-state index contributed by atoms with van der Waals surface area (Å²) in [6, 6.07) is 3.78. The highest BCUT2D eigenvalue weighted by atomic mass is 16.5. The molecule has 1 atom stereocenters. The zero-order valence-electron chi connectivity index (χ0n) is 9.13. The zero-order chi connectivity index (χ0) is 10.7. The Labute approximate surface area is 84.8 Å². The first-order chi connectivity index (χ1) is 6.60. The van der Waals surface area contributed by atoms with Crippen molar-refractivity contribution in [1.29, 1.82) is 0 Å². The van der Waals surface area contributed by atoms with Crippen LogP contribution in [0.1, 0.15) is 24.1 Å². The van der Waals surface area contributed by atoms with Crippen molar-refractivity contribution < 1.29 is 9.47 Å². The Balaban J connectivity index is 3.27. The normalized spacial score (nSPS) is 12.4. The molecule has 0 aromatic heterocycles. The van der Waals surface area contributed by atoms with Crippen LogP contribution in [-0.2, 0) is 0 Å². The summed E-state index contributed by atoms with van der Waals surface area (Å²) in [5.74, 6) is 1.58. The van der Waals surface area contributed by atoms with Crippen LogP contribution in [0.25, 0.3) is 0 Å². The van der Waals surface area contributed by atoms with Crippen molar-refractivity contribution in [3.8, 4) is 11.5 Å². The monoisotopic (exact) mass is 195 g/mol. The van der Waals surface area contributed by atoms with Gasteiger partial charge in [-0.15, -0.1) is 0 Å². The van der Waals surface area contributed by atoms with E-state index in [4.69, 9.17) is 15.2 Å². The van der Waals surface area contributed by atoms with Crippen LogP contribution in [0.15, 0.2) is 12.1 Å². The number of rotatable bonds is 3. The number of methoxy groups -OCH3 is 2. The molecule has 2 N–H and O–H groups in total. The maximum Gasteiger partial charge on any atom is 0.127 e. The fraction of sp³-hybridized carbons (Fsp3) is 0.455. The van der Waals surface area contributed by atoms with Gasteiger partial charge in [0.15, 0.2) is 0 Å². The first-order valence-electron chi connectivity index (χ1n) is 4.58. The molecule has 0 saturated carbocycles. The third kappa shape index (κ3) is 1.99.